The van der Waals surface area contributed by atoms with Gasteiger partial charge in [0.25, 0.3) is 0 Å². The van der Waals surface area contributed by atoms with Gasteiger partial charge in [-0.2, -0.15) is 0 Å². The third-order valence-electron chi connectivity index (χ3n) is 3.64. The van der Waals surface area contributed by atoms with Crippen molar-refractivity contribution in [2.24, 2.45) is 0 Å². The molecule has 0 aliphatic carbocycles. The Balaban J connectivity index is 1.97. The van der Waals surface area contributed by atoms with Crippen LogP contribution < -0.4 is 4.90 Å². The van der Waals surface area contributed by atoms with Crippen molar-refractivity contribution in [3.8, 4) is 0 Å². The van der Waals surface area contributed by atoms with Gasteiger partial charge in [-0.15, -0.1) is 0 Å². The van der Waals surface area contributed by atoms with Crippen LogP contribution in [0.15, 0.2) is 89.6 Å². The summed E-state index contributed by atoms with van der Waals surface area (Å²) in [7, 11) is 0. The SMILES string of the molecule is c1ccc(N(c2ccccc2)c2cccc3conc23)cc1. The topological polar surface area (TPSA) is 29.3 Å². The van der Waals surface area contributed by atoms with Crippen LogP contribution in [0.5, 0.6) is 0 Å². The quantitative estimate of drug-likeness (QED) is 0.512. The fourth-order valence-corrected chi connectivity index (χ4v) is 2.64. The number of anilines is 3. The number of hydrogen-bond acceptors (Lipinski definition) is 3. The molecule has 0 aliphatic heterocycles. The molecule has 0 spiro atoms. The summed E-state index contributed by atoms with van der Waals surface area (Å²) in [6.07, 6.45) is 1.67. The monoisotopic (exact) mass is 286 g/mol. The van der Waals surface area contributed by atoms with Gasteiger partial charge in [-0.1, -0.05) is 47.6 Å². The smallest absolute Gasteiger partial charge is 0.137 e. The lowest BCUT2D eigenvalue weighted by Crippen LogP contribution is -2.10. The van der Waals surface area contributed by atoms with E-state index in [0.717, 1.165) is 28.0 Å². The van der Waals surface area contributed by atoms with Gasteiger partial charge in [0.1, 0.15) is 11.8 Å². The van der Waals surface area contributed by atoms with Crippen LogP contribution in [-0.2, 0) is 0 Å². The van der Waals surface area contributed by atoms with Crippen LogP contribution in [0.25, 0.3) is 10.9 Å². The van der Waals surface area contributed by atoms with Crippen molar-refractivity contribution < 1.29 is 4.52 Å². The lowest BCUT2D eigenvalue weighted by molar-refractivity contribution is 0.428. The van der Waals surface area contributed by atoms with Gasteiger partial charge in [0.2, 0.25) is 0 Å². The van der Waals surface area contributed by atoms with E-state index in [1.807, 2.05) is 48.5 Å². The molecular weight excluding hydrogens is 272 g/mol. The second-order valence-electron chi connectivity index (χ2n) is 5.04. The van der Waals surface area contributed by atoms with E-state index in [0.29, 0.717) is 0 Å². The summed E-state index contributed by atoms with van der Waals surface area (Å²) >= 11 is 0. The molecule has 0 radical (unpaired) electrons. The number of fused-ring (bicyclic) bond motifs is 1. The van der Waals surface area contributed by atoms with Crippen molar-refractivity contribution in [2.45, 2.75) is 0 Å². The van der Waals surface area contributed by atoms with E-state index in [1.165, 1.54) is 0 Å². The molecule has 0 bridgehead atoms. The lowest BCUT2D eigenvalue weighted by atomic mass is 10.1. The van der Waals surface area contributed by atoms with Crippen molar-refractivity contribution in [2.75, 3.05) is 4.90 Å². The third-order valence-corrected chi connectivity index (χ3v) is 3.64. The molecule has 22 heavy (non-hydrogen) atoms. The molecule has 0 atom stereocenters. The summed E-state index contributed by atoms with van der Waals surface area (Å²) in [5.41, 5.74) is 4.03. The Morgan fingerprint density at radius 1 is 0.682 bits per heavy atom. The molecule has 4 aromatic rings. The van der Waals surface area contributed by atoms with Crippen LogP contribution >= 0.6 is 0 Å². The highest BCUT2D eigenvalue weighted by atomic mass is 16.5. The number of aromatic nitrogens is 1. The zero-order valence-corrected chi connectivity index (χ0v) is 11.9. The van der Waals surface area contributed by atoms with Crippen LogP contribution in [0.4, 0.5) is 17.1 Å². The second-order valence-corrected chi connectivity index (χ2v) is 5.04. The maximum atomic E-state index is 5.15. The van der Waals surface area contributed by atoms with Gasteiger partial charge in [0, 0.05) is 16.8 Å². The Hall–Kier alpha value is -3.07. The van der Waals surface area contributed by atoms with Crippen LogP contribution in [0, 0.1) is 0 Å². The Morgan fingerprint density at radius 3 is 1.95 bits per heavy atom. The lowest BCUT2D eigenvalue weighted by Gasteiger charge is -2.25. The molecule has 4 rings (SSSR count). The first-order chi connectivity index (χ1) is 10.9. The Labute approximate surface area is 128 Å². The summed E-state index contributed by atoms with van der Waals surface area (Å²) < 4.78 is 5.15. The molecule has 0 unspecified atom stereocenters. The average Bonchev–Trinajstić information content (AvgIpc) is 3.07. The molecule has 0 saturated carbocycles. The Morgan fingerprint density at radius 2 is 1.32 bits per heavy atom. The van der Waals surface area contributed by atoms with Crippen molar-refractivity contribution in [3.05, 3.63) is 85.1 Å². The normalized spacial score (nSPS) is 10.7. The first-order valence-corrected chi connectivity index (χ1v) is 7.17. The van der Waals surface area contributed by atoms with Gasteiger partial charge in [-0.25, -0.2) is 0 Å². The molecular formula is C19H14N2O. The average molecular weight is 286 g/mol. The minimum atomic E-state index is 0.857. The zero-order valence-electron chi connectivity index (χ0n) is 11.9. The molecule has 1 aromatic heterocycles. The summed E-state index contributed by atoms with van der Waals surface area (Å²) in [4.78, 5) is 2.19. The van der Waals surface area contributed by atoms with E-state index in [9.17, 15) is 0 Å². The van der Waals surface area contributed by atoms with Crippen LogP contribution in [0.1, 0.15) is 0 Å². The van der Waals surface area contributed by atoms with Gasteiger partial charge in [0.15, 0.2) is 0 Å². The molecule has 0 aliphatic rings. The van der Waals surface area contributed by atoms with Crippen LogP contribution in [0.3, 0.4) is 0 Å². The number of hydrogen-bond donors (Lipinski definition) is 0. The molecule has 3 heteroatoms. The minimum absolute atomic E-state index is 0.857. The summed E-state index contributed by atoms with van der Waals surface area (Å²) in [5.74, 6) is 0. The second kappa shape index (κ2) is 5.37. The summed E-state index contributed by atoms with van der Waals surface area (Å²) in [6.45, 7) is 0. The van der Waals surface area contributed by atoms with Crippen LogP contribution in [-0.4, -0.2) is 5.16 Å². The van der Waals surface area contributed by atoms with E-state index in [-0.39, 0.29) is 0 Å². The van der Waals surface area contributed by atoms with Crippen molar-refractivity contribution in [1.29, 1.82) is 0 Å². The number of para-hydroxylation sites is 2. The van der Waals surface area contributed by atoms with Gasteiger partial charge in [0.05, 0.1) is 5.69 Å². The van der Waals surface area contributed by atoms with Gasteiger partial charge in [-0.3, -0.25) is 0 Å². The Bertz CT molecular complexity index is 845. The first-order valence-electron chi connectivity index (χ1n) is 7.17. The zero-order chi connectivity index (χ0) is 14.8. The van der Waals surface area contributed by atoms with Crippen molar-refractivity contribution >= 4 is 28.0 Å². The van der Waals surface area contributed by atoms with Crippen LogP contribution in [0.2, 0.25) is 0 Å². The molecule has 3 aromatic carbocycles. The molecule has 0 fully saturated rings. The number of rotatable bonds is 3. The molecule has 1 heterocycles. The highest BCUT2D eigenvalue weighted by Gasteiger charge is 2.16. The standard InChI is InChI=1S/C19H14N2O/c1-3-9-16(10-4-1)21(17-11-5-2-6-12-17)18-13-7-8-15-14-22-20-19(15)18/h1-14H. The van der Waals surface area contributed by atoms with E-state index in [2.05, 4.69) is 40.4 Å². The highest BCUT2D eigenvalue weighted by Crippen LogP contribution is 2.37. The number of nitrogens with zero attached hydrogens (tertiary/aromatic N) is 2. The maximum absolute atomic E-state index is 5.15. The van der Waals surface area contributed by atoms with Gasteiger partial charge in [-0.05, 0) is 36.4 Å². The van der Waals surface area contributed by atoms with E-state index in [4.69, 9.17) is 4.52 Å². The third kappa shape index (κ3) is 2.13. The van der Waals surface area contributed by atoms with Crippen molar-refractivity contribution in [1.82, 2.24) is 5.16 Å². The molecule has 3 nitrogen and oxygen atoms in total. The van der Waals surface area contributed by atoms with E-state index in [1.54, 1.807) is 6.26 Å². The van der Waals surface area contributed by atoms with Crippen molar-refractivity contribution in [3.63, 3.8) is 0 Å². The summed E-state index contributed by atoms with van der Waals surface area (Å²) in [5, 5.41) is 5.17. The molecule has 0 amide bonds. The molecule has 106 valence electrons. The molecule has 0 saturated heterocycles. The van der Waals surface area contributed by atoms with Gasteiger partial charge < -0.3 is 9.42 Å². The van der Waals surface area contributed by atoms with Gasteiger partial charge >= 0.3 is 0 Å². The predicted molar refractivity (Wildman–Crippen MR) is 88.7 cm³/mol. The van der Waals surface area contributed by atoms with E-state index >= 15 is 0 Å². The maximum Gasteiger partial charge on any atom is 0.137 e. The fourth-order valence-electron chi connectivity index (χ4n) is 2.64. The van der Waals surface area contributed by atoms with E-state index < -0.39 is 0 Å². The predicted octanol–water partition coefficient (Wildman–Crippen LogP) is 5.30. The Kier molecular flexibility index (Phi) is 3.09. The number of benzene rings is 3. The molecule has 0 N–H and O–H groups in total. The summed E-state index contributed by atoms with van der Waals surface area (Å²) in [6, 6.07) is 26.6. The fraction of sp³-hybridized carbons (Fsp3) is 0. The highest BCUT2D eigenvalue weighted by molar-refractivity contribution is 5.95. The minimum Gasteiger partial charge on any atom is -0.363 e. The first kappa shape index (κ1) is 12.7. The largest absolute Gasteiger partial charge is 0.363 e.